The van der Waals surface area contributed by atoms with Crippen LogP contribution < -0.4 is 5.32 Å². The van der Waals surface area contributed by atoms with E-state index in [2.05, 4.69) is 48.9 Å². The first-order valence-electron chi connectivity index (χ1n) is 7.49. The van der Waals surface area contributed by atoms with Crippen LogP contribution in [0.5, 0.6) is 0 Å². The molecule has 1 atom stereocenters. The van der Waals surface area contributed by atoms with Crippen molar-refractivity contribution < 1.29 is 4.74 Å². The highest BCUT2D eigenvalue weighted by Gasteiger charge is 2.14. The van der Waals surface area contributed by atoms with Crippen LogP contribution in [0.2, 0.25) is 0 Å². The van der Waals surface area contributed by atoms with Crippen molar-refractivity contribution in [2.45, 2.75) is 60.2 Å². The molecule has 0 aliphatic heterocycles. The number of hydrogen-bond acceptors (Lipinski definition) is 3. The Morgan fingerprint density at radius 3 is 2.58 bits per heavy atom. The van der Waals surface area contributed by atoms with Gasteiger partial charge in [0.25, 0.3) is 0 Å². The quantitative estimate of drug-likeness (QED) is 0.747. The first-order chi connectivity index (χ1) is 9.12. The number of aryl methyl sites for hydroxylation is 2. The lowest BCUT2D eigenvalue weighted by atomic mass is 10.1. The summed E-state index contributed by atoms with van der Waals surface area (Å²) in [6.45, 7) is 14.1. The Morgan fingerprint density at radius 2 is 2.05 bits per heavy atom. The fourth-order valence-corrected chi connectivity index (χ4v) is 2.07. The molecule has 0 radical (unpaired) electrons. The van der Waals surface area contributed by atoms with E-state index in [9.17, 15) is 0 Å². The number of rotatable bonds is 9. The summed E-state index contributed by atoms with van der Waals surface area (Å²) in [5.41, 5.74) is 2.44. The predicted octanol–water partition coefficient (Wildman–Crippen LogP) is 2.62. The van der Waals surface area contributed by atoms with Crippen molar-refractivity contribution in [1.82, 2.24) is 15.1 Å². The maximum absolute atomic E-state index is 5.54. The first kappa shape index (κ1) is 16.2. The van der Waals surface area contributed by atoms with Crippen LogP contribution in [0.4, 0.5) is 0 Å². The van der Waals surface area contributed by atoms with Gasteiger partial charge in [-0.1, -0.05) is 20.8 Å². The van der Waals surface area contributed by atoms with Crippen LogP contribution in [-0.4, -0.2) is 29.0 Å². The van der Waals surface area contributed by atoms with Gasteiger partial charge in [-0.3, -0.25) is 4.68 Å². The van der Waals surface area contributed by atoms with Crippen LogP contribution in [0.3, 0.4) is 0 Å². The monoisotopic (exact) mass is 267 g/mol. The van der Waals surface area contributed by atoms with Gasteiger partial charge in [-0.15, -0.1) is 0 Å². The molecule has 1 heterocycles. The fourth-order valence-electron chi connectivity index (χ4n) is 2.07. The molecule has 1 unspecified atom stereocenters. The molecule has 0 aromatic carbocycles. The topological polar surface area (TPSA) is 39.1 Å². The first-order valence-corrected chi connectivity index (χ1v) is 7.49. The predicted molar refractivity (Wildman–Crippen MR) is 79.2 cm³/mol. The normalized spacial score (nSPS) is 13.2. The standard InChI is InChI=1S/C15H29N3O/c1-6-13-9-14(18(7-2)17-13)10-16-15(12(4)5)11-19-8-3/h9,12,15-16H,6-8,10-11H2,1-5H3. The van der Waals surface area contributed by atoms with Crippen molar-refractivity contribution in [2.75, 3.05) is 13.2 Å². The maximum atomic E-state index is 5.54. The Bertz CT molecular complexity index is 360. The average molecular weight is 267 g/mol. The van der Waals surface area contributed by atoms with Gasteiger partial charge >= 0.3 is 0 Å². The highest BCUT2D eigenvalue weighted by Crippen LogP contribution is 2.08. The highest BCUT2D eigenvalue weighted by molar-refractivity contribution is 5.10. The second-order valence-corrected chi connectivity index (χ2v) is 5.19. The molecule has 1 N–H and O–H groups in total. The van der Waals surface area contributed by atoms with Crippen LogP contribution in [0.25, 0.3) is 0 Å². The summed E-state index contributed by atoms with van der Waals surface area (Å²) >= 11 is 0. The van der Waals surface area contributed by atoms with E-state index in [0.29, 0.717) is 12.0 Å². The molecule has 0 fully saturated rings. The van der Waals surface area contributed by atoms with Crippen molar-refractivity contribution in [3.8, 4) is 0 Å². The van der Waals surface area contributed by atoms with Gasteiger partial charge in [0.15, 0.2) is 0 Å². The second kappa shape index (κ2) is 8.33. The molecule has 1 aromatic heterocycles. The summed E-state index contributed by atoms with van der Waals surface area (Å²) in [5, 5.41) is 8.17. The van der Waals surface area contributed by atoms with Crippen molar-refractivity contribution in [2.24, 2.45) is 5.92 Å². The van der Waals surface area contributed by atoms with Crippen molar-refractivity contribution in [3.05, 3.63) is 17.5 Å². The Hall–Kier alpha value is -0.870. The summed E-state index contributed by atoms with van der Waals surface area (Å²) in [6, 6.07) is 2.60. The van der Waals surface area contributed by atoms with Gasteiger partial charge in [0.2, 0.25) is 0 Å². The molecule has 19 heavy (non-hydrogen) atoms. The lowest BCUT2D eigenvalue weighted by molar-refractivity contribution is 0.107. The smallest absolute Gasteiger partial charge is 0.0625 e. The molecule has 1 rings (SSSR count). The van der Waals surface area contributed by atoms with Crippen LogP contribution in [0.15, 0.2) is 6.07 Å². The van der Waals surface area contributed by atoms with E-state index < -0.39 is 0 Å². The maximum Gasteiger partial charge on any atom is 0.0625 e. The molecule has 0 amide bonds. The molecular formula is C15H29N3O. The number of ether oxygens (including phenoxy) is 1. The fraction of sp³-hybridized carbons (Fsp3) is 0.800. The molecule has 0 saturated heterocycles. The van der Waals surface area contributed by atoms with E-state index in [1.165, 1.54) is 11.4 Å². The van der Waals surface area contributed by atoms with Crippen molar-refractivity contribution in [1.29, 1.82) is 0 Å². The zero-order valence-corrected chi connectivity index (χ0v) is 13.1. The summed E-state index contributed by atoms with van der Waals surface area (Å²) in [6.07, 6.45) is 0.993. The summed E-state index contributed by atoms with van der Waals surface area (Å²) in [7, 11) is 0. The molecule has 4 heteroatoms. The largest absolute Gasteiger partial charge is 0.380 e. The summed E-state index contributed by atoms with van der Waals surface area (Å²) in [4.78, 5) is 0. The van der Waals surface area contributed by atoms with Crippen molar-refractivity contribution in [3.63, 3.8) is 0 Å². The van der Waals surface area contributed by atoms with Crippen LogP contribution in [0, 0.1) is 5.92 Å². The molecule has 110 valence electrons. The minimum atomic E-state index is 0.394. The van der Waals surface area contributed by atoms with Gasteiger partial charge in [-0.2, -0.15) is 5.10 Å². The van der Waals surface area contributed by atoms with Gasteiger partial charge in [0, 0.05) is 25.7 Å². The molecular weight excluding hydrogens is 238 g/mol. The van der Waals surface area contributed by atoms with E-state index in [4.69, 9.17) is 4.74 Å². The number of aromatic nitrogens is 2. The van der Waals surface area contributed by atoms with E-state index in [1.54, 1.807) is 0 Å². The molecule has 4 nitrogen and oxygen atoms in total. The summed E-state index contributed by atoms with van der Waals surface area (Å²) < 4.78 is 7.63. The van der Waals surface area contributed by atoms with Gasteiger partial charge in [0.1, 0.15) is 0 Å². The van der Waals surface area contributed by atoms with Crippen molar-refractivity contribution >= 4 is 0 Å². The zero-order chi connectivity index (χ0) is 14.3. The number of hydrogen-bond donors (Lipinski definition) is 1. The van der Waals surface area contributed by atoms with Crippen LogP contribution >= 0.6 is 0 Å². The van der Waals surface area contributed by atoms with Crippen LogP contribution in [-0.2, 0) is 24.2 Å². The third-order valence-corrected chi connectivity index (χ3v) is 3.43. The minimum absolute atomic E-state index is 0.394. The SMILES string of the molecule is CCOCC(NCc1cc(CC)nn1CC)C(C)C. The van der Waals surface area contributed by atoms with E-state index >= 15 is 0 Å². The lowest BCUT2D eigenvalue weighted by Crippen LogP contribution is -2.38. The zero-order valence-electron chi connectivity index (χ0n) is 13.1. The van der Waals surface area contributed by atoms with Gasteiger partial charge < -0.3 is 10.1 Å². The molecule has 0 spiro atoms. The van der Waals surface area contributed by atoms with Crippen LogP contribution in [0.1, 0.15) is 46.0 Å². The average Bonchev–Trinajstić information content (AvgIpc) is 2.80. The third-order valence-electron chi connectivity index (χ3n) is 3.43. The number of nitrogens with one attached hydrogen (secondary N) is 1. The lowest BCUT2D eigenvalue weighted by Gasteiger charge is -2.22. The second-order valence-electron chi connectivity index (χ2n) is 5.19. The highest BCUT2D eigenvalue weighted by atomic mass is 16.5. The Labute approximate surface area is 117 Å². The Morgan fingerprint density at radius 1 is 1.32 bits per heavy atom. The minimum Gasteiger partial charge on any atom is -0.380 e. The van der Waals surface area contributed by atoms with E-state index in [-0.39, 0.29) is 0 Å². The Kier molecular flexibility index (Phi) is 7.10. The van der Waals surface area contributed by atoms with Gasteiger partial charge in [-0.05, 0) is 32.3 Å². The molecule has 0 aliphatic carbocycles. The molecule has 0 bridgehead atoms. The molecule has 0 saturated carbocycles. The number of nitrogens with zero attached hydrogens (tertiary/aromatic N) is 2. The molecule has 1 aromatic rings. The van der Waals surface area contributed by atoms with Gasteiger partial charge in [-0.25, -0.2) is 0 Å². The van der Waals surface area contributed by atoms with E-state index in [0.717, 1.165) is 32.7 Å². The Balaban J connectivity index is 2.59. The van der Waals surface area contributed by atoms with Gasteiger partial charge in [0.05, 0.1) is 18.0 Å². The van der Waals surface area contributed by atoms with E-state index in [1.807, 2.05) is 6.92 Å². The molecule has 0 aliphatic rings. The summed E-state index contributed by atoms with van der Waals surface area (Å²) in [5.74, 6) is 0.565. The third kappa shape index (κ3) is 4.96.